The van der Waals surface area contributed by atoms with Crippen LogP contribution in [-0.2, 0) is 0 Å². The molecule has 15 heavy (non-hydrogen) atoms. The van der Waals surface area contributed by atoms with Crippen LogP contribution in [0.2, 0.25) is 0 Å². The fourth-order valence-corrected chi connectivity index (χ4v) is 1.19. The summed E-state index contributed by atoms with van der Waals surface area (Å²) in [7, 11) is 1.70. The summed E-state index contributed by atoms with van der Waals surface area (Å²) in [6.07, 6.45) is 4.48. The van der Waals surface area contributed by atoms with E-state index < -0.39 is 5.82 Å². The minimum atomic E-state index is -0.412. The Hall–Kier alpha value is -1.39. The van der Waals surface area contributed by atoms with Crippen LogP contribution in [0, 0.1) is 5.82 Å². The Balaban J connectivity index is 2.51. The number of nitrogens with one attached hydrogen (secondary N) is 2. The lowest BCUT2D eigenvalue weighted by Crippen LogP contribution is -2.08. The Morgan fingerprint density at radius 3 is 2.87 bits per heavy atom. The number of hydrogen-bond acceptors (Lipinski definition) is 4. The van der Waals surface area contributed by atoms with Gasteiger partial charge in [0.2, 0.25) is 5.95 Å². The van der Waals surface area contributed by atoms with Crippen molar-refractivity contribution in [2.75, 3.05) is 24.2 Å². The molecule has 0 spiro atoms. The molecule has 0 saturated heterocycles. The first-order chi connectivity index (χ1) is 7.27. The summed E-state index contributed by atoms with van der Waals surface area (Å²) in [6.45, 7) is 2.87. The largest absolute Gasteiger partial charge is 0.367 e. The fraction of sp³-hybridized carbons (Fsp3) is 0.600. The standard InChI is InChI=1S/C10H17FN4/c1-3-4-5-6-13-9-8(11)7-14-10(12-2)15-9/h7H,3-6H2,1-2H3,(H2,12,13,14,15). The highest BCUT2D eigenvalue weighted by Gasteiger charge is 2.04. The van der Waals surface area contributed by atoms with E-state index in [2.05, 4.69) is 27.5 Å². The lowest BCUT2D eigenvalue weighted by atomic mass is 10.2. The fourth-order valence-electron chi connectivity index (χ4n) is 1.19. The number of aromatic nitrogens is 2. The maximum atomic E-state index is 13.2. The van der Waals surface area contributed by atoms with Crippen LogP contribution in [-0.4, -0.2) is 23.6 Å². The third-order valence-corrected chi connectivity index (χ3v) is 2.04. The van der Waals surface area contributed by atoms with Crippen LogP contribution < -0.4 is 10.6 Å². The van der Waals surface area contributed by atoms with E-state index in [1.54, 1.807) is 7.05 Å². The van der Waals surface area contributed by atoms with Crippen LogP contribution in [0.3, 0.4) is 0 Å². The quantitative estimate of drug-likeness (QED) is 0.710. The first-order valence-corrected chi connectivity index (χ1v) is 5.22. The lowest BCUT2D eigenvalue weighted by molar-refractivity contribution is 0.616. The second-order valence-corrected chi connectivity index (χ2v) is 3.27. The molecular formula is C10H17FN4. The summed E-state index contributed by atoms with van der Waals surface area (Å²) >= 11 is 0. The lowest BCUT2D eigenvalue weighted by Gasteiger charge is -2.07. The van der Waals surface area contributed by atoms with Crippen molar-refractivity contribution < 1.29 is 4.39 Å². The highest BCUT2D eigenvalue weighted by atomic mass is 19.1. The van der Waals surface area contributed by atoms with Crippen molar-refractivity contribution >= 4 is 11.8 Å². The van der Waals surface area contributed by atoms with Crippen molar-refractivity contribution in [1.82, 2.24) is 9.97 Å². The van der Waals surface area contributed by atoms with E-state index in [-0.39, 0.29) is 5.82 Å². The molecule has 1 aromatic rings. The van der Waals surface area contributed by atoms with Crippen LogP contribution in [0.25, 0.3) is 0 Å². The highest BCUT2D eigenvalue weighted by molar-refractivity contribution is 5.40. The Morgan fingerprint density at radius 1 is 1.40 bits per heavy atom. The number of rotatable bonds is 6. The smallest absolute Gasteiger partial charge is 0.224 e. The van der Waals surface area contributed by atoms with Gasteiger partial charge >= 0.3 is 0 Å². The Morgan fingerprint density at radius 2 is 2.20 bits per heavy atom. The van der Waals surface area contributed by atoms with E-state index in [0.29, 0.717) is 5.95 Å². The average Bonchev–Trinajstić information content (AvgIpc) is 2.26. The monoisotopic (exact) mass is 212 g/mol. The van der Waals surface area contributed by atoms with Crippen LogP contribution >= 0.6 is 0 Å². The van der Waals surface area contributed by atoms with Crippen LogP contribution in [0.1, 0.15) is 26.2 Å². The van der Waals surface area contributed by atoms with Gasteiger partial charge in [0, 0.05) is 13.6 Å². The molecule has 1 aromatic heterocycles. The predicted molar refractivity (Wildman–Crippen MR) is 59.6 cm³/mol. The zero-order chi connectivity index (χ0) is 11.1. The second-order valence-electron chi connectivity index (χ2n) is 3.27. The van der Waals surface area contributed by atoms with Crippen molar-refractivity contribution in [3.05, 3.63) is 12.0 Å². The van der Waals surface area contributed by atoms with Crippen molar-refractivity contribution in [3.8, 4) is 0 Å². The number of halogens is 1. The normalized spacial score (nSPS) is 10.1. The molecule has 1 rings (SSSR count). The minimum absolute atomic E-state index is 0.269. The minimum Gasteiger partial charge on any atom is -0.367 e. The Kier molecular flexibility index (Phi) is 4.80. The SMILES string of the molecule is CCCCCNc1nc(NC)ncc1F. The van der Waals surface area contributed by atoms with Gasteiger partial charge in [-0.1, -0.05) is 19.8 Å². The molecular weight excluding hydrogens is 195 g/mol. The van der Waals surface area contributed by atoms with Crippen molar-refractivity contribution in [2.24, 2.45) is 0 Å². The molecule has 2 N–H and O–H groups in total. The number of nitrogens with zero attached hydrogens (tertiary/aromatic N) is 2. The van der Waals surface area contributed by atoms with E-state index in [0.717, 1.165) is 25.8 Å². The molecule has 84 valence electrons. The van der Waals surface area contributed by atoms with Crippen molar-refractivity contribution in [1.29, 1.82) is 0 Å². The molecule has 0 saturated carbocycles. The second kappa shape index (κ2) is 6.16. The third kappa shape index (κ3) is 3.69. The van der Waals surface area contributed by atoms with Gasteiger partial charge in [0.25, 0.3) is 0 Å². The molecule has 1 heterocycles. The molecule has 0 aliphatic rings. The van der Waals surface area contributed by atoms with Crippen molar-refractivity contribution in [3.63, 3.8) is 0 Å². The van der Waals surface area contributed by atoms with E-state index in [4.69, 9.17) is 0 Å². The molecule has 4 nitrogen and oxygen atoms in total. The first kappa shape index (κ1) is 11.7. The van der Waals surface area contributed by atoms with E-state index in [1.807, 2.05) is 0 Å². The molecule has 0 radical (unpaired) electrons. The average molecular weight is 212 g/mol. The van der Waals surface area contributed by atoms with E-state index >= 15 is 0 Å². The Labute approximate surface area is 89.3 Å². The van der Waals surface area contributed by atoms with E-state index in [1.165, 1.54) is 6.20 Å². The third-order valence-electron chi connectivity index (χ3n) is 2.04. The molecule has 0 aromatic carbocycles. The number of unbranched alkanes of at least 4 members (excludes halogenated alkanes) is 2. The summed E-state index contributed by atoms with van der Waals surface area (Å²) < 4.78 is 13.2. The zero-order valence-corrected chi connectivity index (χ0v) is 9.18. The van der Waals surface area contributed by atoms with Gasteiger partial charge in [-0.3, -0.25) is 0 Å². The van der Waals surface area contributed by atoms with Gasteiger partial charge in [0.15, 0.2) is 11.6 Å². The van der Waals surface area contributed by atoms with Gasteiger partial charge in [-0.15, -0.1) is 0 Å². The summed E-state index contributed by atoms with van der Waals surface area (Å²) in [5.41, 5.74) is 0. The highest BCUT2D eigenvalue weighted by Crippen LogP contribution is 2.11. The van der Waals surface area contributed by atoms with Crippen LogP contribution in [0.4, 0.5) is 16.2 Å². The molecule has 0 bridgehead atoms. The number of anilines is 2. The summed E-state index contributed by atoms with van der Waals surface area (Å²) in [5.74, 6) is 0.283. The molecule has 0 aliphatic heterocycles. The topological polar surface area (TPSA) is 49.8 Å². The maximum Gasteiger partial charge on any atom is 0.224 e. The Bertz CT molecular complexity index is 303. The van der Waals surface area contributed by atoms with Gasteiger partial charge in [-0.05, 0) is 6.42 Å². The summed E-state index contributed by atoms with van der Waals surface area (Å²) in [4.78, 5) is 7.74. The van der Waals surface area contributed by atoms with Crippen molar-refractivity contribution in [2.45, 2.75) is 26.2 Å². The molecule has 0 amide bonds. The van der Waals surface area contributed by atoms with Gasteiger partial charge in [-0.25, -0.2) is 9.37 Å². The van der Waals surface area contributed by atoms with Gasteiger partial charge in [-0.2, -0.15) is 4.98 Å². The predicted octanol–water partition coefficient (Wildman–Crippen LogP) is 2.26. The van der Waals surface area contributed by atoms with Gasteiger partial charge in [0.05, 0.1) is 6.20 Å². The first-order valence-electron chi connectivity index (χ1n) is 5.22. The molecule has 0 unspecified atom stereocenters. The molecule has 0 fully saturated rings. The summed E-state index contributed by atoms with van der Waals surface area (Å²) in [5, 5.41) is 5.72. The van der Waals surface area contributed by atoms with E-state index in [9.17, 15) is 4.39 Å². The molecule has 5 heteroatoms. The molecule has 0 atom stereocenters. The summed E-state index contributed by atoms with van der Waals surface area (Å²) in [6, 6.07) is 0. The number of hydrogen-bond donors (Lipinski definition) is 2. The zero-order valence-electron chi connectivity index (χ0n) is 9.18. The van der Waals surface area contributed by atoms with Gasteiger partial charge in [0.1, 0.15) is 0 Å². The maximum absolute atomic E-state index is 13.2. The van der Waals surface area contributed by atoms with Crippen LogP contribution in [0.15, 0.2) is 6.20 Å². The van der Waals surface area contributed by atoms with Crippen LogP contribution in [0.5, 0.6) is 0 Å². The molecule has 0 aliphatic carbocycles. The van der Waals surface area contributed by atoms with Gasteiger partial charge < -0.3 is 10.6 Å².